The first-order chi connectivity index (χ1) is 10.5. The SMILES string of the molecule is Cc1ccccc1CSCC(=O)NCc1cc(F)cc(F)c1. The highest BCUT2D eigenvalue weighted by Gasteiger charge is 2.05. The van der Waals surface area contributed by atoms with E-state index in [-0.39, 0.29) is 12.5 Å². The molecule has 1 N–H and O–H groups in total. The summed E-state index contributed by atoms with van der Waals surface area (Å²) < 4.78 is 26.0. The predicted molar refractivity (Wildman–Crippen MR) is 85.5 cm³/mol. The maximum absolute atomic E-state index is 13.0. The molecule has 0 aliphatic carbocycles. The molecule has 0 saturated heterocycles. The third-order valence-corrected chi connectivity index (χ3v) is 4.15. The van der Waals surface area contributed by atoms with Crippen molar-refractivity contribution in [1.82, 2.24) is 5.32 Å². The first-order valence-electron chi connectivity index (χ1n) is 6.88. The molecule has 0 bridgehead atoms. The van der Waals surface area contributed by atoms with E-state index in [9.17, 15) is 13.6 Å². The molecule has 0 spiro atoms. The first-order valence-corrected chi connectivity index (χ1v) is 8.04. The van der Waals surface area contributed by atoms with Crippen LogP contribution in [0.15, 0.2) is 42.5 Å². The minimum Gasteiger partial charge on any atom is -0.351 e. The number of rotatable bonds is 6. The van der Waals surface area contributed by atoms with Crippen LogP contribution >= 0.6 is 11.8 Å². The van der Waals surface area contributed by atoms with E-state index in [4.69, 9.17) is 0 Å². The molecule has 2 aromatic rings. The Balaban J connectivity index is 1.75. The van der Waals surface area contributed by atoms with Crippen LogP contribution < -0.4 is 5.32 Å². The van der Waals surface area contributed by atoms with E-state index in [2.05, 4.69) is 5.32 Å². The number of hydrogen-bond donors (Lipinski definition) is 1. The molecule has 2 rings (SSSR count). The number of halogens is 2. The Kier molecular flexibility index (Phi) is 5.95. The monoisotopic (exact) mass is 321 g/mol. The molecule has 116 valence electrons. The Morgan fingerprint density at radius 3 is 2.50 bits per heavy atom. The summed E-state index contributed by atoms with van der Waals surface area (Å²) in [6, 6.07) is 11.3. The standard InChI is InChI=1S/C17H17F2NOS/c1-12-4-2-3-5-14(12)10-22-11-17(21)20-9-13-6-15(18)8-16(19)7-13/h2-8H,9-11H2,1H3,(H,20,21). The Hall–Kier alpha value is -1.88. The van der Waals surface area contributed by atoms with Gasteiger partial charge in [0.05, 0.1) is 5.75 Å². The van der Waals surface area contributed by atoms with Crippen LogP contribution in [-0.4, -0.2) is 11.7 Å². The van der Waals surface area contributed by atoms with Crippen molar-refractivity contribution in [3.63, 3.8) is 0 Å². The number of benzene rings is 2. The molecule has 0 aromatic heterocycles. The molecule has 0 saturated carbocycles. The van der Waals surface area contributed by atoms with Gasteiger partial charge in [-0.2, -0.15) is 0 Å². The molecular weight excluding hydrogens is 304 g/mol. The lowest BCUT2D eigenvalue weighted by molar-refractivity contribution is -0.118. The maximum atomic E-state index is 13.0. The summed E-state index contributed by atoms with van der Waals surface area (Å²) in [5.41, 5.74) is 2.81. The number of thioether (sulfide) groups is 1. The van der Waals surface area contributed by atoms with Crippen LogP contribution in [0.2, 0.25) is 0 Å². The Morgan fingerprint density at radius 2 is 1.82 bits per heavy atom. The van der Waals surface area contributed by atoms with E-state index in [0.29, 0.717) is 11.3 Å². The second-order valence-corrected chi connectivity index (χ2v) is 5.96. The number of hydrogen-bond acceptors (Lipinski definition) is 2. The number of carbonyl (C=O) groups excluding carboxylic acids is 1. The zero-order valence-electron chi connectivity index (χ0n) is 12.2. The zero-order valence-corrected chi connectivity index (χ0v) is 13.1. The average Bonchev–Trinajstić information content (AvgIpc) is 2.46. The lowest BCUT2D eigenvalue weighted by Crippen LogP contribution is -2.24. The summed E-state index contributed by atoms with van der Waals surface area (Å²) in [6.45, 7) is 2.16. The lowest BCUT2D eigenvalue weighted by Gasteiger charge is -2.07. The van der Waals surface area contributed by atoms with Crippen molar-refractivity contribution >= 4 is 17.7 Å². The topological polar surface area (TPSA) is 29.1 Å². The molecule has 5 heteroatoms. The molecule has 0 atom stereocenters. The molecule has 0 unspecified atom stereocenters. The maximum Gasteiger partial charge on any atom is 0.230 e. The van der Waals surface area contributed by atoms with E-state index < -0.39 is 11.6 Å². The van der Waals surface area contributed by atoms with Crippen LogP contribution in [0.1, 0.15) is 16.7 Å². The molecule has 0 heterocycles. The second-order valence-electron chi connectivity index (χ2n) is 4.97. The summed E-state index contributed by atoms with van der Waals surface area (Å²) in [7, 11) is 0. The minimum absolute atomic E-state index is 0.123. The molecule has 2 nitrogen and oxygen atoms in total. The van der Waals surface area contributed by atoms with Crippen LogP contribution in [0.4, 0.5) is 8.78 Å². The van der Waals surface area contributed by atoms with Crippen molar-refractivity contribution in [3.8, 4) is 0 Å². The highest BCUT2D eigenvalue weighted by Crippen LogP contribution is 2.15. The molecule has 0 aliphatic heterocycles. The molecule has 0 aliphatic rings. The van der Waals surface area contributed by atoms with Crippen molar-refractivity contribution < 1.29 is 13.6 Å². The van der Waals surface area contributed by atoms with Crippen molar-refractivity contribution in [1.29, 1.82) is 0 Å². The molecule has 22 heavy (non-hydrogen) atoms. The first kappa shape index (κ1) is 16.5. The van der Waals surface area contributed by atoms with Crippen LogP contribution in [0.3, 0.4) is 0 Å². The van der Waals surface area contributed by atoms with Crippen molar-refractivity contribution in [3.05, 3.63) is 70.8 Å². The van der Waals surface area contributed by atoms with E-state index in [0.717, 1.165) is 11.8 Å². The van der Waals surface area contributed by atoms with Crippen LogP contribution in [0.5, 0.6) is 0 Å². The van der Waals surface area contributed by atoms with Gasteiger partial charge in [-0.15, -0.1) is 11.8 Å². The summed E-state index contributed by atoms with van der Waals surface area (Å²) in [6.07, 6.45) is 0. The Bertz CT molecular complexity index is 641. The van der Waals surface area contributed by atoms with Gasteiger partial charge in [-0.1, -0.05) is 24.3 Å². The Labute approximate surface area is 132 Å². The Morgan fingerprint density at radius 1 is 1.14 bits per heavy atom. The molecule has 0 fully saturated rings. The predicted octanol–water partition coefficient (Wildman–Crippen LogP) is 3.82. The van der Waals surface area contributed by atoms with Gasteiger partial charge in [-0.3, -0.25) is 4.79 Å². The highest BCUT2D eigenvalue weighted by molar-refractivity contribution is 7.99. The van der Waals surface area contributed by atoms with Crippen molar-refractivity contribution in [2.75, 3.05) is 5.75 Å². The molecule has 1 amide bonds. The lowest BCUT2D eigenvalue weighted by atomic mass is 10.1. The number of nitrogens with one attached hydrogen (secondary N) is 1. The normalized spacial score (nSPS) is 10.5. The van der Waals surface area contributed by atoms with Gasteiger partial charge >= 0.3 is 0 Å². The van der Waals surface area contributed by atoms with Gasteiger partial charge in [0, 0.05) is 18.4 Å². The van der Waals surface area contributed by atoms with Gasteiger partial charge in [-0.05, 0) is 35.7 Å². The van der Waals surface area contributed by atoms with E-state index in [1.165, 1.54) is 35.0 Å². The minimum atomic E-state index is -0.641. The van der Waals surface area contributed by atoms with Crippen molar-refractivity contribution in [2.24, 2.45) is 0 Å². The number of carbonyl (C=O) groups is 1. The fourth-order valence-electron chi connectivity index (χ4n) is 1.99. The highest BCUT2D eigenvalue weighted by atomic mass is 32.2. The third kappa shape index (κ3) is 5.15. The summed E-state index contributed by atoms with van der Waals surface area (Å²) in [4.78, 5) is 11.7. The van der Waals surface area contributed by atoms with Gasteiger partial charge in [-0.25, -0.2) is 8.78 Å². The number of amides is 1. The fraction of sp³-hybridized carbons (Fsp3) is 0.235. The van der Waals surface area contributed by atoms with E-state index in [1.54, 1.807) is 0 Å². The largest absolute Gasteiger partial charge is 0.351 e. The number of aryl methyl sites for hydroxylation is 1. The van der Waals surface area contributed by atoms with E-state index >= 15 is 0 Å². The van der Waals surface area contributed by atoms with Gasteiger partial charge in [0.25, 0.3) is 0 Å². The summed E-state index contributed by atoms with van der Waals surface area (Å²) in [5, 5.41) is 2.66. The van der Waals surface area contributed by atoms with Crippen LogP contribution in [0, 0.1) is 18.6 Å². The fourth-order valence-corrected chi connectivity index (χ4v) is 2.92. The summed E-state index contributed by atoms with van der Waals surface area (Å²) >= 11 is 1.51. The second kappa shape index (κ2) is 7.94. The quantitative estimate of drug-likeness (QED) is 0.876. The van der Waals surface area contributed by atoms with Gasteiger partial charge < -0.3 is 5.32 Å². The molecule has 2 aromatic carbocycles. The third-order valence-electron chi connectivity index (χ3n) is 3.16. The van der Waals surface area contributed by atoms with Crippen molar-refractivity contribution in [2.45, 2.75) is 19.2 Å². The smallest absolute Gasteiger partial charge is 0.230 e. The van der Waals surface area contributed by atoms with Gasteiger partial charge in [0.15, 0.2) is 0 Å². The van der Waals surface area contributed by atoms with Crippen LogP contribution in [-0.2, 0) is 17.1 Å². The molecular formula is C17H17F2NOS. The van der Waals surface area contributed by atoms with Gasteiger partial charge in [0.2, 0.25) is 5.91 Å². The van der Waals surface area contributed by atoms with E-state index in [1.807, 2.05) is 31.2 Å². The molecule has 0 radical (unpaired) electrons. The summed E-state index contributed by atoms with van der Waals surface area (Å²) in [5.74, 6) is -0.361. The average molecular weight is 321 g/mol. The van der Waals surface area contributed by atoms with Gasteiger partial charge in [0.1, 0.15) is 11.6 Å². The van der Waals surface area contributed by atoms with Crippen LogP contribution in [0.25, 0.3) is 0 Å². The zero-order chi connectivity index (χ0) is 15.9.